The summed E-state index contributed by atoms with van der Waals surface area (Å²) in [5.41, 5.74) is 2.72. The number of benzene rings is 1. The van der Waals surface area contributed by atoms with Crippen LogP contribution in [-0.2, 0) is 0 Å². The van der Waals surface area contributed by atoms with Crippen molar-refractivity contribution >= 4 is 5.69 Å². The Hall–Kier alpha value is -1.02. The molecule has 2 rings (SSSR count). The summed E-state index contributed by atoms with van der Waals surface area (Å²) in [6, 6.07) is 9.46. The van der Waals surface area contributed by atoms with Gasteiger partial charge in [-0.2, -0.15) is 0 Å². The fourth-order valence-corrected chi connectivity index (χ4v) is 2.27. The third kappa shape index (κ3) is 2.51. The molecule has 1 aromatic carbocycles. The molecule has 1 aromatic rings. The van der Waals surface area contributed by atoms with Gasteiger partial charge in [0.1, 0.15) is 0 Å². The number of aryl methyl sites for hydroxylation is 1. The van der Waals surface area contributed by atoms with Crippen molar-refractivity contribution in [3.8, 4) is 0 Å². The maximum atomic E-state index is 3.52. The lowest BCUT2D eigenvalue weighted by molar-refractivity contribution is 0.572. The molecule has 1 fully saturated rings. The summed E-state index contributed by atoms with van der Waals surface area (Å²) in [5, 5.41) is 3.52. The summed E-state index contributed by atoms with van der Waals surface area (Å²) in [5.74, 6) is 0. The third-order valence-corrected chi connectivity index (χ3v) is 3.05. The van der Waals surface area contributed by atoms with E-state index in [1.807, 2.05) is 0 Å². The minimum atomic E-state index is 0.676. The molecular weight excluding hydrogens is 184 g/mol. The number of nitrogens with zero attached hydrogens (tertiary/aromatic N) is 1. The van der Waals surface area contributed by atoms with Crippen molar-refractivity contribution in [1.29, 1.82) is 0 Å². The SMILES string of the molecule is CCNC1CCN(c2cccc(C)c2)C1. The molecule has 1 saturated heterocycles. The van der Waals surface area contributed by atoms with E-state index in [9.17, 15) is 0 Å². The molecule has 1 aliphatic rings. The Labute approximate surface area is 92.3 Å². The van der Waals surface area contributed by atoms with Gasteiger partial charge in [0, 0.05) is 24.8 Å². The molecule has 82 valence electrons. The molecule has 2 nitrogen and oxygen atoms in total. The van der Waals surface area contributed by atoms with Crippen molar-refractivity contribution in [2.75, 3.05) is 24.5 Å². The predicted molar refractivity (Wildman–Crippen MR) is 65.5 cm³/mol. The van der Waals surface area contributed by atoms with Crippen LogP contribution in [0, 0.1) is 6.92 Å². The number of likely N-dealkylation sites (N-methyl/N-ethyl adjacent to an activating group) is 1. The van der Waals surface area contributed by atoms with Gasteiger partial charge in [0.05, 0.1) is 0 Å². The third-order valence-electron chi connectivity index (χ3n) is 3.05. The fraction of sp³-hybridized carbons (Fsp3) is 0.538. The standard InChI is InChI=1S/C13H20N2/c1-3-14-12-7-8-15(10-12)13-6-4-5-11(2)9-13/h4-6,9,12,14H,3,7-8,10H2,1-2H3. The molecule has 0 radical (unpaired) electrons. The van der Waals surface area contributed by atoms with Crippen LogP contribution in [0.25, 0.3) is 0 Å². The van der Waals surface area contributed by atoms with Gasteiger partial charge in [-0.1, -0.05) is 19.1 Å². The zero-order valence-electron chi connectivity index (χ0n) is 9.66. The second kappa shape index (κ2) is 4.67. The van der Waals surface area contributed by atoms with Gasteiger partial charge in [-0.15, -0.1) is 0 Å². The number of rotatable bonds is 3. The summed E-state index contributed by atoms with van der Waals surface area (Å²) in [7, 11) is 0. The van der Waals surface area contributed by atoms with Crippen LogP contribution in [0.5, 0.6) is 0 Å². The van der Waals surface area contributed by atoms with Gasteiger partial charge in [0.25, 0.3) is 0 Å². The minimum absolute atomic E-state index is 0.676. The molecule has 2 heteroatoms. The number of hydrogen-bond acceptors (Lipinski definition) is 2. The molecule has 1 atom stereocenters. The van der Waals surface area contributed by atoms with Crippen LogP contribution in [0.3, 0.4) is 0 Å². The van der Waals surface area contributed by atoms with Gasteiger partial charge in [-0.05, 0) is 37.6 Å². The van der Waals surface area contributed by atoms with Crippen LogP contribution in [-0.4, -0.2) is 25.7 Å². The molecule has 1 unspecified atom stereocenters. The van der Waals surface area contributed by atoms with Crippen LogP contribution < -0.4 is 10.2 Å². The van der Waals surface area contributed by atoms with Gasteiger partial charge in [-0.3, -0.25) is 0 Å². The highest BCUT2D eigenvalue weighted by atomic mass is 15.2. The molecule has 0 bridgehead atoms. The normalized spacial score (nSPS) is 20.9. The molecule has 1 N–H and O–H groups in total. The van der Waals surface area contributed by atoms with E-state index in [0.29, 0.717) is 6.04 Å². The van der Waals surface area contributed by atoms with E-state index >= 15 is 0 Å². The molecule has 1 heterocycles. The van der Waals surface area contributed by atoms with Gasteiger partial charge in [-0.25, -0.2) is 0 Å². The van der Waals surface area contributed by atoms with Crippen LogP contribution in [0.1, 0.15) is 18.9 Å². The first kappa shape index (κ1) is 10.5. The Morgan fingerprint density at radius 1 is 1.47 bits per heavy atom. The maximum Gasteiger partial charge on any atom is 0.0369 e. The molecule has 0 spiro atoms. The Bertz CT molecular complexity index is 322. The summed E-state index contributed by atoms with van der Waals surface area (Å²) in [6.45, 7) is 7.74. The first-order valence-electron chi connectivity index (χ1n) is 5.84. The van der Waals surface area contributed by atoms with E-state index < -0.39 is 0 Å². The molecule has 15 heavy (non-hydrogen) atoms. The van der Waals surface area contributed by atoms with E-state index in [1.54, 1.807) is 0 Å². The average Bonchev–Trinajstić information content (AvgIpc) is 2.67. The molecule has 0 aromatic heterocycles. The molecular formula is C13H20N2. The van der Waals surface area contributed by atoms with Crippen molar-refractivity contribution in [3.63, 3.8) is 0 Å². The van der Waals surface area contributed by atoms with Crippen LogP contribution in [0.15, 0.2) is 24.3 Å². The smallest absolute Gasteiger partial charge is 0.0369 e. The molecule has 1 aliphatic heterocycles. The van der Waals surface area contributed by atoms with Gasteiger partial charge in [0.15, 0.2) is 0 Å². The van der Waals surface area contributed by atoms with Gasteiger partial charge in [0.2, 0.25) is 0 Å². The van der Waals surface area contributed by atoms with E-state index in [0.717, 1.165) is 13.1 Å². The van der Waals surface area contributed by atoms with Gasteiger partial charge < -0.3 is 10.2 Å². The lowest BCUT2D eigenvalue weighted by Gasteiger charge is -2.19. The van der Waals surface area contributed by atoms with Crippen molar-refractivity contribution in [2.24, 2.45) is 0 Å². The summed E-state index contributed by atoms with van der Waals surface area (Å²) in [4.78, 5) is 2.47. The van der Waals surface area contributed by atoms with Gasteiger partial charge >= 0.3 is 0 Å². The second-order valence-corrected chi connectivity index (χ2v) is 4.33. The molecule has 0 aliphatic carbocycles. The summed E-state index contributed by atoms with van der Waals surface area (Å²) >= 11 is 0. The Balaban J connectivity index is 2.01. The summed E-state index contributed by atoms with van der Waals surface area (Å²) in [6.07, 6.45) is 1.27. The Morgan fingerprint density at radius 2 is 2.33 bits per heavy atom. The van der Waals surface area contributed by atoms with Crippen molar-refractivity contribution in [2.45, 2.75) is 26.3 Å². The van der Waals surface area contributed by atoms with Crippen LogP contribution in [0.4, 0.5) is 5.69 Å². The van der Waals surface area contributed by atoms with Crippen LogP contribution in [0.2, 0.25) is 0 Å². The monoisotopic (exact) mass is 204 g/mol. The highest BCUT2D eigenvalue weighted by Gasteiger charge is 2.21. The largest absolute Gasteiger partial charge is 0.370 e. The van der Waals surface area contributed by atoms with Crippen molar-refractivity contribution < 1.29 is 0 Å². The predicted octanol–water partition coefficient (Wildman–Crippen LogP) is 2.18. The van der Waals surface area contributed by atoms with E-state index in [4.69, 9.17) is 0 Å². The fourth-order valence-electron chi connectivity index (χ4n) is 2.27. The molecule has 0 saturated carbocycles. The first-order valence-corrected chi connectivity index (χ1v) is 5.84. The topological polar surface area (TPSA) is 15.3 Å². The van der Waals surface area contributed by atoms with E-state index in [2.05, 4.69) is 48.3 Å². The van der Waals surface area contributed by atoms with Crippen molar-refractivity contribution in [3.05, 3.63) is 29.8 Å². The Morgan fingerprint density at radius 3 is 3.07 bits per heavy atom. The number of hydrogen-bond donors (Lipinski definition) is 1. The zero-order chi connectivity index (χ0) is 10.7. The summed E-state index contributed by atoms with van der Waals surface area (Å²) < 4.78 is 0. The van der Waals surface area contributed by atoms with E-state index in [-0.39, 0.29) is 0 Å². The lowest BCUT2D eigenvalue weighted by Crippen LogP contribution is -2.32. The Kier molecular flexibility index (Phi) is 3.27. The van der Waals surface area contributed by atoms with Crippen LogP contribution >= 0.6 is 0 Å². The number of nitrogens with one attached hydrogen (secondary N) is 1. The quantitative estimate of drug-likeness (QED) is 0.812. The second-order valence-electron chi connectivity index (χ2n) is 4.33. The van der Waals surface area contributed by atoms with Crippen molar-refractivity contribution in [1.82, 2.24) is 5.32 Å². The number of anilines is 1. The minimum Gasteiger partial charge on any atom is -0.370 e. The average molecular weight is 204 g/mol. The van der Waals surface area contributed by atoms with E-state index in [1.165, 1.54) is 24.2 Å². The molecule has 0 amide bonds. The highest BCUT2D eigenvalue weighted by Crippen LogP contribution is 2.21. The lowest BCUT2D eigenvalue weighted by atomic mass is 10.2. The first-order chi connectivity index (χ1) is 7.29. The highest BCUT2D eigenvalue weighted by molar-refractivity contribution is 5.49. The zero-order valence-corrected chi connectivity index (χ0v) is 9.66. The maximum absolute atomic E-state index is 3.52.